The Bertz CT molecular complexity index is 1120. The van der Waals surface area contributed by atoms with Crippen molar-refractivity contribution in [3.8, 4) is 11.5 Å². The van der Waals surface area contributed by atoms with Crippen molar-refractivity contribution in [2.45, 2.75) is 19.1 Å². The van der Waals surface area contributed by atoms with E-state index in [9.17, 15) is 4.79 Å². The Morgan fingerprint density at radius 2 is 2.04 bits per heavy atom. The van der Waals surface area contributed by atoms with Crippen LogP contribution in [0.4, 0.5) is 5.69 Å². The fourth-order valence-corrected chi connectivity index (χ4v) is 3.59. The molecule has 0 aliphatic heterocycles. The van der Waals surface area contributed by atoms with Gasteiger partial charge < -0.3 is 9.73 Å². The number of aromatic nitrogens is 4. The molecule has 1 N–H and O–H groups in total. The molecule has 2 heterocycles. The molecule has 0 fully saturated rings. The number of carbonyl (C=O) groups is 1. The van der Waals surface area contributed by atoms with E-state index >= 15 is 0 Å². The molecule has 0 saturated heterocycles. The van der Waals surface area contributed by atoms with Gasteiger partial charge in [0, 0.05) is 5.56 Å². The van der Waals surface area contributed by atoms with Crippen LogP contribution < -0.4 is 5.32 Å². The highest BCUT2D eigenvalue weighted by Gasteiger charge is 2.13. The molecule has 0 aliphatic carbocycles. The smallest absolute Gasteiger partial charge is 0.277 e. The van der Waals surface area contributed by atoms with Gasteiger partial charge in [-0.15, -0.1) is 10.2 Å². The Hall–Kier alpha value is -2.78. The molecule has 0 aliphatic rings. The van der Waals surface area contributed by atoms with Crippen LogP contribution in [-0.4, -0.2) is 30.6 Å². The molecule has 4 rings (SSSR count). The lowest BCUT2D eigenvalue weighted by Gasteiger charge is -2.04. The number of amides is 1. The molecule has 0 saturated carbocycles. The highest BCUT2D eigenvalue weighted by Crippen LogP contribution is 2.25. The molecule has 0 bridgehead atoms. The maximum absolute atomic E-state index is 12.2. The van der Waals surface area contributed by atoms with Crippen molar-refractivity contribution in [3.63, 3.8) is 0 Å². The minimum atomic E-state index is -0.175. The zero-order valence-electron chi connectivity index (χ0n) is 14.6. The van der Waals surface area contributed by atoms with Gasteiger partial charge in [0.05, 0.1) is 23.2 Å². The summed E-state index contributed by atoms with van der Waals surface area (Å²) < 4.78 is 14.0. The van der Waals surface area contributed by atoms with Crippen molar-refractivity contribution in [2.24, 2.45) is 0 Å². The third-order valence-corrected chi connectivity index (χ3v) is 5.41. The lowest BCUT2D eigenvalue weighted by atomic mass is 10.1. The highest BCUT2D eigenvalue weighted by molar-refractivity contribution is 7.99. The molecule has 7 nitrogen and oxygen atoms in total. The summed E-state index contributed by atoms with van der Waals surface area (Å²) in [5, 5.41) is 11.3. The van der Waals surface area contributed by atoms with Crippen LogP contribution in [0.15, 0.2) is 46.0 Å². The second kappa shape index (κ2) is 7.45. The Balaban J connectivity index is 1.40. The standard InChI is InChI=1S/C18H15N5O2S2/c1-10-6-7-12(8-11(10)2)17-20-21-18(25-17)26-9-15(24)19-13-4-3-5-14-16(13)23-27-22-14/h3-8H,9H2,1-2H3,(H,19,24). The van der Waals surface area contributed by atoms with Crippen molar-refractivity contribution in [2.75, 3.05) is 11.1 Å². The molecule has 1 amide bonds. The van der Waals surface area contributed by atoms with E-state index in [0.29, 0.717) is 22.3 Å². The molecule has 2 aromatic carbocycles. The first-order valence-corrected chi connectivity index (χ1v) is 9.87. The van der Waals surface area contributed by atoms with Gasteiger partial charge in [-0.05, 0) is 49.2 Å². The molecule has 4 aromatic rings. The van der Waals surface area contributed by atoms with Gasteiger partial charge in [0.25, 0.3) is 5.22 Å². The molecule has 27 heavy (non-hydrogen) atoms. The van der Waals surface area contributed by atoms with Crippen molar-refractivity contribution >= 4 is 46.1 Å². The summed E-state index contributed by atoms with van der Waals surface area (Å²) in [5.41, 5.74) is 5.33. The number of carbonyl (C=O) groups excluding carboxylic acids is 1. The number of rotatable bonds is 5. The topological polar surface area (TPSA) is 93.8 Å². The summed E-state index contributed by atoms with van der Waals surface area (Å²) in [7, 11) is 0. The molecule has 0 atom stereocenters. The zero-order valence-corrected chi connectivity index (χ0v) is 16.2. The SMILES string of the molecule is Cc1ccc(-c2nnc(SCC(=O)Nc3cccc4nsnc34)o2)cc1C. The zero-order chi connectivity index (χ0) is 18.8. The fourth-order valence-electron chi connectivity index (χ4n) is 2.48. The third-order valence-electron chi connectivity index (χ3n) is 4.05. The maximum Gasteiger partial charge on any atom is 0.277 e. The van der Waals surface area contributed by atoms with Crippen LogP contribution in [0, 0.1) is 13.8 Å². The van der Waals surface area contributed by atoms with E-state index in [4.69, 9.17) is 4.42 Å². The summed E-state index contributed by atoms with van der Waals surface area (Å²) in [6.07, 6.45) is 0. The van der Waals surface area contributed by atoms with E-state index in [-0.39, 0.29) is 11.7 Å². The highest BCUT2D eigenvalue weighted by atomic mass is 32.2. The molecule has 0 unspecified atom stereocenters. The first-order valence-electron chi connectivity index (χ1n) is 8.15. The number of hydrogen-bond acceptors (Lipinski definition) is 8. The van der Waals surface area contributed by atoms with Crippen molar-refractivity contribution in [1.29, 1.82) is 0 Å². The van der Waals surface area contributed by atoms with Gasteiger partial charge in [-0.2, -0.15) is 8.75 Å². The number of fused-ring (bicyclic) bond motifs is 1. The molecule has 136 valence electrons. The van der Waals surface area contributed by atoms with Gasteiger partial charge in [-0.3, -0.25) is 4.79 Å². The second-order valence-electron chi connectivity index (χ2n) is 5.95. The van der Waals surface area contributed by atoms with Crippen LogP contribution in [0.2, 0.25) is 0 Å². The summed E-state index contributed by atoms with van der Waals surface area (Å²) in [4.78, 5) is 12.2. The van der Waals surface area contributed by atoms with E-state index in [2.05, 4.69) is 31.2 Å². The van der Waals surface area contributed by atoms with E-state index in [0.717, 1.165) is 28.4 Å². The van der Waals surface area contributed by atoms with Crippen LogP contribution >= 0.6 is 23.5 Å². The molecule has 0 radical (unpaired) electrons. The number of anilines is 1. The number of nitrogens with one attached hydrogen (secondary N) is 1. The molecule has 2 aromatic heterocycles. The maximum atomic E-state index is 12.2. The predicted molar refractivity (Wildman–Crippen MR) is 106 cm³/mol. The van der Waals surface area contributed by atoms with Crippen LogP contribution in [0.1, 0.15) is 11.1 Å². The largest absolute Gasteiger partial charge is 0.411 e. The Kier molecular flexibility index (Phi) is 4.87. The molecule has 0 spiro atoms. The summed E-state index contributed by atoms with van der Waals surface area (Å²) in [6.45, 7) is 4.09. The van der Waals surface area contributed by atoms with Gasteiger partial charge in [-0.1, -0.05) is 23.9 Å². The van der Waals surface area contributed by atoms with Gasteiger partial charge in [0.1, 0.15) is 11.0 Å². The summed E-state index contributed by atoms with van der Waals surface area (Å²) >= 11 is 2.31. The molecular weight excluding hydrogens is 382 g/mol. The Morgan fingerprint density at radius 1 is 1.15 bits per heavy atom. The minimum Gasteiger partial charge on any atom is -0.411 e. The third kappa shape index (κ3) is 3.83. The second-order valence-corrected chi connectivity index (χ2v) is 7.40. The van der Waals surface area contributed by atoms with Gasteiger partial charge >= 0.3 is 0 Å². The average Bonchev–Trinajstić information content (AvgIpc) is 3.32. The first-order chi connectivity index (χ1) is 13.1. The average molecular weight is 397 g/mol. The van der Waals surface area contributed by atoms with Gasteiger partial charge in [0.2, 0.25) is 11.8 Å². The number of aryl methyl sites for hydroxylation is 2. The monoisotopic (exact) mass is 397 g/mol. The lowest BCUT2D eigenvalue weighted by Crippen LogP contribution is -2.14. The first kappa shape index (κ1) is 17.6. The quantitative estimate of drug-likeness (QED) is 0.507. The molecular formula is C18H15N5O2S2. The van der Waals surface area contributed by atoms with E-state index in [1.165, 1.54) is 17.3 Å². The summed E-state index contributed by atoms with van der Waals surface area (Å²) in [5.74, 6) is 0.424. The number of thioether (sulfide) groups is 1. The van der Waals surface area contributed by atoms with Crippen molar-refractivity contribution < 1.29 is 9.21 Å². The van der Waals surface area contributed by atoms with Crippen molar-refractivity contribution in [3.05, 3.63) is 47.5 Å². The number of benzene rings is 2. The fraction of sp³-hybridized carbons (Fsp3) is 0.167. The lowest BCUT2D eigenvalue weighted by molar-refractivity contribution is -0.113. The summed E-state index contributed by atoms with van der Waals surface area (Å²) in [6, 6.07) is 11.5. The van der Waals surface area contributed by atoms with Gasteiger partial charge in [-0.25, -0.2) is 0 Å². The van der Waals surface area contributed by atoms with E-state index in [1.807, 2.05) is 37.3 Å². The number of nitrogens with zero attached hydrogens (tertiary/aromatic N) is 4. The number of hydrogen-bond donors (Lipinski definition) is 1. The van der Waals surface area contributed by atoms with Crippen molar-refractivity contribution in [1.82, 2.24) is 18.9 Å². The normalized spacial score (nSPS) is 11.0. The van der Waals surface area contributed by atoms with Crippen LogP contribution in [0.3, 0.4) is 0 Å². The predicted octanol–water partition coefficient (Wildman–Crippen LogP) is 4.09. The van der Waals surface area contributed by atoms with Crippen LogP contribution in [0.5, 0.6) is 0 Å². The minimum absolute atomic E-state index is 0.155. The van der Waals surface area contributed by atoms with E-state index in [1.54, 1.807) is 6.07 Å². The van der Waals surface area contributed by atoms with Gasteiger partial charge in [0.15, 0.2) is 0 Å². The molecule has 9 heteroatoms. The van der Waals surface area contributed by atoms with Crippen LogP contribution in [0.25, 0.3) is 22.5 Å². The Labute approximate surface area is 163 Å². The Morgan fingerprint density at radius 3 is 2.89 bits per heavy atom. The van der Waals surface area contributed by atoms with E-state index < -0.39 is 0 Å². The van der Waals surface area contributed by atoms with Crippen LogP contribution in [-0.2, 0) is 4.79 Å².